The van der Waals surface area contributed by atoms with Crippen LogP contribution < -0.4 is 21.1 Å². The maximum atomic E-state index is 16.3. The first-order valence-corrected chi connectivity index (χ1v) is 15.9. The standard InChI is InChI=1S/C33H44F3N5O2S/c1-9-11-28(35)21-38-24(5)20-37-14-15-41(10-2)32-29(36)18-26(17-22(3)16-23(4)33(42)40(32)7)25(6)39-30-13-12-27(34)19-31(30)44(8)43/h9,12-13,16-19,21,25,37,39H,1,10-11,14-15,20H2,2-8H3/b22-17?,23-16?,26-18?,28-21+,32-29?,38-24?/t25-,44?/m1/s1. The maximum Gasteiger partial charge on any atom is 0.254 e. The highest BCUT2D eigenvalue weighted by atomic mass is 32.2. The second-order valence-electron chi connectivity index (χ2n) is 10.5. The van der Waals surface area contributed by atoms with Gasteiger partial charge in [-0.25, -0.2) is 13.2 Å². The van der Waals surface area contributed by atoms with E-state index < -0.39 is 28.5 Å². The van der Waals surface area contributed by atoms with Crippen molar-refractivity contribution in [3.8, 4) is 0 Å². The lowest BCUT2D eigenvalue weighted by atomic mass is 10.1. The van der Waals surface area contributed by atoms with Gasteiger partial charge in [-0.3, -0.25) is 18.6 Å². The fourth-order valence-corrected chi connectivity index (χ4v) is 5.29. The topological polar surface area (TPSA) is 78.7 Å². The molecule has 0 saturated heterocycles. The summed E-state index contributed by atoms with van der Waals surface area (Å²) in [6, 6.07) is 8.46. The van der Waals surface area contributed by atoms with E-state index in [1.165, 1.54) is 47.4 Å². The van der Waals surface area contributed by atoms with Crippen molar-refractivity contribution in [2.75, 3.05) is 42.7 Å². The molecule has 0 aliphatic carbocycles. The molecule has 2 N–H and O–H groups in total. The fourth-order valence-electron chi connectivity index (χ4n) is 4.58. The van der Waals surface area contributed by atoms with Crippen LogP contribution >= 0.6 is 0 Å². The molecule has 1 aromatic carbocycles. The number of anilines is 2. The number of hydrogen-bond donors (Lipinski definition) is 2. The van der Waals surface area contributed by atoms with Crippen molar-refractivity contribution in [3.63, 3.8) is 0 Å². The Labute approximate surface area is 261 Å². The highest BCUT2D eigenvalue weighted by Crippen LogP contribution is 2.27. The predicted octanol–water partition coefficient (Wildman–Crippen LogP) is 6.58. The van der Waals surface area contributed by atoms with E-state index in [-0.39, 0.29) is 23.6 Å². The van der Waals surface area contributed by atoms with Gasteiger partial charge < -0.3 is 15.5 Å². The van der Waals surface area contributed by atoms with E-state index in [1.54, 1.807) is 37.9 Å². The van der Waals surface area contributed by atoms with E-state index in [0.717, 1.165) is 5.56 Å². The van der Waals surface area contributed by atoms with E-state index in [1.807, 2.05) is 20.8 Å². The zero-order valence-corrected chi connectivity index (χ0v) is 27.5. The molecule has 44 heavy (non-hydrogen) atoms. The van der Waals surface area contributed by atoms with Crippen molar-refractivity contribution >= 4 is 28.0 Å². The van der Waals surface area contributed by atoms with Gasteiger partial charge in [0.15, 0.2) is 5.82 Å². The molecule has 240 valence electrons. The number of aryl methyl sites for hydroxylation is 2. The summed E-state index contributed by atoms with van der Waals surface area (Å²) in [4.78, 5) is 19.5. The highest BCUT2D eigenvalue weighted by Gasteiger charge is 2.17. The molecule has 1 unspecified atom stereocenters. The third-order valence-corrected chi connectivity index (χ3v) is 7.77. The molecular weight excluding hydrogens is 587 g/mol. The lowest BCUT2D eigenvalue weighted by Crippen LogP contribution is -2.37. The van der Waals surface area contributed by atoms with E-state index >= 15 is 4.39 Å². The normalized spacial score (nSPS) is 13.2. The van der Waals surface area contributed by atoms with E-state index in [9.17, 15) is 17.8 Å². The van der Waals surface area contributed by atoms with Crippen molar-refractivity contribution in [1.29, 1.82) is 0 Å². The first-order chi connectivity index (χ1) is 20.8. The predicted molar refractivity (Wildman–Crippen MR) is 177 cm³/mol. The van der Waals surface area contributed by atoms with Gasteiger partial charge in [0.2, 0.25) is 0 Å². The lowest BCUT2D eigenvalue weighted by molar-refractivity contribution is 0.588. The molecular formula is C33H44F3N5O2S. The molecule has 2 atom stereocenters. The van der Waals surface area contributed by atoms with Gasteiger partial charge in [0.25, 0.3) is 5.56 Å². The number of halogens is 3. The summed E-state index contributed by atoms with van der Waals surface area (Å²) in [5.74, 6) is -1.38. The van der Waals surface area contributed by atoms with E-state index in [4.69, 9.17) is 0 Å². The monoisotopic (exact) mass is 631 g/mol. The zero-order chi connectivity index (χ0) is 33.0. The van der Waals surface area contributed by atoms with Gasteiger partial charge in [0.1, 0.15) is 17.5 Å². The molecule has 0 bridgehead atoms. The molecule has 0 aliphatic heterocycles. The third-order valence-electron chi connectivity index (χ3n) is 6.82. The maximum absolute atomic E-state index is 16.3. The van der Waals surface area contributed by atoms with Crippen molar-refractivity contribution in [1.82, 2.24) is 9.88 Å². The summed E-state index contributed by atoms with van der Waals surface area (Å²) >= 11 is 0. The van der Waals surface area contributed by atoms with Crippen LogP contribution in [0.3, 0.4) is 0 Å². The summed E-state index contributed by atoms with van der Waals surface area (Å²) in [5.41, 5.74) is 2.57. The molecule has 0 saturated carbocycles. The van der Waals surface area contributed by atoms with Crippen LogP contribution in [0.5, 0.6) is 0 Å². The van der Waals surface area contributed by atoms with Crippen molar-refractivity contribution in [2.45, 2.75) is 52.0 Å². The number of aliphatic imine (C=N–C) groups is 1. The van der Waals surface area contributed by atoms with Crippen LogP contribution in [-0.2, 0) is 17.8 Å². The Balaban J connectivity index is 2.50. The second-order valence-corrected chi connectivity index (χ2v) is 11.9. The number of rotatable bonds is 14. The summed E-state index contributed by atoms with van der Waals surface area (Å²) < 4.78 is 57.3. The average Bonchev–Trinajstić information content (AvgIpc) is 2.96. The van der Waals surface area contributed by atoms with Gasteiger partial charge in [-0.1, -0.05) is 23.8 Å². The summed E-state index contributed by atoms with van der Waals surface area (Å²) in [6.07, 6.45) is 4.22. The molecule has 1 heterocycles. The van der Waals surface area contributed by atoms with Crippen LogP contribution in [0.2, 0.25) is 0 Å². The minimum Gasteiger partial charge on any atom is -0.378 e. The van der Waals surface area contributed by atoms with Crippen LogP contribution in [0.25, 0.3) is 0 Å². The smallest absolute Gasteiger partial charge is 0.254 e. The van der Waals surface area contributed by atoms with Crippen molar-refractivity contribution in [3.05, 3.63) is 99.8 Å². The zero-order valence-electron chi connectivity index (χ0n) is 26.6. The summed E-state index contributed by atoms with van der Waals surface area (Å²) in [5, 5.41) is 6.48. The molecule has 0 amide bonds. The van der Waals surface area contributed by atoms with Crippen LogP contribution in [0.1, 0.15) is 49.9 Å². The van der Waals surface area contributed by atoms with Crippen LogP contribution in [-0.4, -0.2) is 46.9 Å². The number of likely N-dealkylation sites (N-methyl/N-ethyl adjacent to an activating group) is 1. The largest absolute Gasteiger partial charge is 0.378 e. The van der Waals surface area contributed by atoms with E-state index in [2.05, 4.69) is 22.2 Å². The molecule has 0 spiro atoms. The number of hydrogen-bond acceptors (Lipinski definition) is 6. The van der Waals surface area contributed by atoms with Crippen LogP contribution in [0.15, 0.2) is 75.8 Å². The van der Waals surface area contributed by atoms with Crippen molar-refractivity contribution in [2.24, 2.45) is 12.0 Å². The van der Waals surface area contributed by atoms with E-state index in [0.29, 0.717) is 53.6 Å². The van der Waals surface area contributed by atoms with Gasteiger partial charge in [-0.05, 0) is 64.4 Å². The first-order valence-electron chi connectivity index (χ1n) is 14.4. The van der Waals surface area contributed by atoms with Crippen molar-refractivity contribution < 1.29 is 17.4 Å². The molecule has 11 heteroatoms. The summed E-state index contributed by atoms with van der Waals surface area (Å²) in [7, 11) is 0.0909. The summed E-state index contributed by atoms with van der Waals surface area (Å²) in [6.45, 7) is 14.1. The minimum absolute atomic E-state index is 0.113. The Kier molecular flexibility index (Phi) is 14.6. The molecule has 2 rings (SSSR count). The Hall–Kier alpha value is -3.70. The van der Waals surface area contributed by atoms with Gasteiger partial charge in [-0.2, -0.15) is 0 Å². The Morgan fingerprint density at radius 1 is 1.20 bits per heavy atom. The quantitative estimate of drug-likeness (QED) is 0.140. The average molecular weight is 632 g/mol. The Bertz CT molecular complexity index is 1540. The lowest BCUT2D eigenvalue weighted by Gasteiger charge is -2.25. The SMILES string of the molecule is C=CC/C(F)=C\N=C(C)CNCCN(CC)c1c(F)cc([C@@H](C)Nc2ccc(F)cc2S(C)=O)cc(C)cc(C)c(=O)n1C. The number of benzene rings is 1. The number of allylic oxidation sites excluding steroid dienone is 2. The van der Waals surface area contributed by atoms with Gasteiger partial charge in [-0.15, -0.1) is 6.58 Å². The molecule has 0 fully saturated rings. The van der Waals surface area contributed by atoms with Gasteiger partial charge >= 0.3 is 0 Å². The number of nitrogens with one attached hydrogen (secondary N) is 2. The van der Waals surface area contributed by atoms with Gasteiger partial charge in [0.05, 0.1) is 27.6 Å². The Morgan fingerprint density at radius 2 is 1.91 bits per heavy atom. The second kappa shape index (κ2) is 17.6. The molecule has 1 aromatic heterocycles. The first kappa shape index (κ1) is 36.5. The van der Waals surface area contributed by atoms with Gasteiger partial charge in [0, 0.05) is 63.2 Å². The fraction of sp³-hybridized carbons (Fsp3) is 0.394. The third kappa shape index (κ3) is 10.8. The molecule has 7 nitrogen and oxygen atoms in total. The molecule has 2 aromatic rings. The highest BCUT2D eigenvalue weighted by molar-refractivity contribution is 7.84. The molecule has 0 radical (unpaired) electrons. The number of nitrogens with zero attached hydrogens (tertiary/aromatic N) is 3. The van der Waals surface area contributed by atoms with Crippen LogP contribution in [0.4, 0.5) is 24.7 Å². The number of aromatic nitrogens is 1. The van der Waals surface area contributed by atoms with Crippen LogP contribution in [0, 0.1) is 25.5 Å². The minimum atomic E-state index is -1.45. The Morgan fingerprint density at radius 3 is 2.55 bits per heavy atom. The molecule has 0 aliphatic rings.